The Labute approximate surface area is 131 Å². The molecule has 1 amide bonds. The Morgan fingerprint density at radius 1 is 1.33 bits per heavy atom. The Balaban J connectivity index is 0.00000220. The second-order valence-corrected chi connectivity index (χ2v) is 5.30. The third kappa shape index (κ3) is 5.99. The highest BCUT2D eigenvalue weighted by molar-refractivity contribution is 5.92. The standard InChI is InChI=1S/C15H22FN3O.ClH/c1-19(14-3-2-9-17-10-8-14)11-15(20)18-13-6-4-12(16)5-7-13;/h4-7,14,17H,2-3,8-11H2,1H3,(H,18,20);1H. The molecule has 1 heterocycles. The minimum Gasteiger partial charge on any atom is -0.325 e. The lowest BCUT2D eigenvalue weighted by atomic mass is 10.1. The largest absolute Gasteiger partial charge is 0.325 e. The number of benzene rings is 1. The van der Waals surface area contributed by atoms with Crippen LogP contribution < -0.4 is 10.6 Å². The van der Waals surface area contributed by atoms with E-state index >= 15 is 0 Å². The molecule has 0 aliphatic carbocycles. The summed E-state index contributed by atoms with van der Waals surface area (Å²) in [6, 6.07) is 6.28. The van der Waals surface area contributed by atoms with Gasteiger partial charge in [-0.2, -0.15) is 0 Å². The maximum Gasteiger partial charge on any atom is 0.238 e. The van der Waals surface area contributed by atoms with Gasteiger partial charge in [0.25, 0.3) is 0 Å². The van der Waals surface area contributed by atoms with E-state index in [1.54, 1.807) is 12.1 Å². The molecular formula is C15H23ClFN3O. The predicted octanol–water partition coefficient (Wildman–Crippen LogP) is 2.26. The first-order valence-electron chi connectivity index (χ1n) is 7.11. The van der Waals surface area contributed by atoms with Crippen molar-refractivity contribution in [1.29, 1.82) is 0 Å². The predicted molar refractivity (Wildman–Crippen MR) is 85.4 cm³/mol. The molecule has 0 radical (unpaired) electrons. The van der Waals surface area contributed by atoms with Gasteiger partial charge in [0.2, 0.25) is 5.91 Å². The summed E-state index contributed by atoms with van der Waals surface area (Å²) in [5, 5.41) is 6.16. The van der Waals surface area contributed by atoms with E-state index in [2.05, 4.69) is 15.5 Å². The Bertz CT molecular complexity index is 433. The lowest BCUT2D eigenvalue weighted by Crippen LogP contribution is -2.38. The van der Waals surface area contributed by atoms with Gasteiger partial charge in [-0.25, -0.2) is 4.39 Å². The van der Waals surface area contributed by atoms with Crippen molar-refractivity contribution < 1.29 is 9.18 Å². The highest BCUT2D eigenvalue weighted by Crippen LogP contribution is 2.12. The first-order chi connectivity index (χ1) is 9.65. The van der Waals surface area contributed by atoms with Crippen molar-refractivity contribution in [2.24, 2.45) is 0 Å². The van der Waals surface area contributed by atoms with Crippen LogP contribution in [0.2, 0.25) is 0 Å². The number of hydrogen-bond donors (Lipinski definition) is 2. The molecule has 0 aromatic heterocycles. The van der Waals surface area contributed by atoms with Gasteiger partial charge in [-0.1, -0.05) is 0 Å². The number of carbonyl (C=O) groups excluding carboxylic acids is 1. The zero-order valence-corrected chi connectivity index (χ0v) is 13.1. The summed E-state index contributed by atoms with van der Waals surface area (Å²) in [5.41, 5.74) is 0.632. The molecule has 6 heteroatoms. The number of anilines is 1. The topological polar surface area (TPSA) is 44.4 Å². The number of rotatable bonds is 4. The molecule has 1 unspecified atom stereocenters. The van der Waals surface area contributed by atoms with Crippen molar-refractivity contribution in [3.8, 4) is 0 Å². The number of nitrogens with zero attached hydrogens (tertiary/aromatic N) is 1. The van der Waals surface area contributed by atoms with Crippen molar-refractivity contribution in [2.45, 2.75) is 25.3 Å². The molecule has 0 saturated carbocycles. The number of amides is 1. The van der Waals surface area contributed by atoms with E-state index in [1.807, 2.05) is 7.05 Å². The van der Waals surface area contributed by atoms with Crippen LogP contribution in [0.5, 0.6) is 0 Å². The zero-order valence-electron chi connectivity index (χ0n) is 12.3. The van der Waals surface area contributed by atoms with Crippen LogP contribution in [0.15, 0.2) is 24.3 Å². The Morgan fingerprint density at radius 2 is 2.05 bits per heavy atom. The zero-order chi connectivity index (χ0) is 14.4. The highest BCUT2D eigenvalue weighted by Gasteiger charge is 2.18. The van der Waals surface area contributed by atoms with Gasteiger partial charge in [-0.3, -0.25) is 9.69 Å². The third-order valence-electron chi connectivity index (χ3n) is 3.69. The van der Waals surface area contributed by atoms with Crippen LogP contribution >= 0.6 is 12.4 Å². The Hall–Kier alpha value is -1.17. The van der Waals surface area contributed by atoms with Crippen LogP contribution in [-0.4, -0.2) is 43.5 Å². The molecule has 1 saturated heterocycles. The average Bonchev–Trinajstić information content (AvgIpc) is 2.70. The summed E-state index contributed by atoms with van der Waals surface area (Å²) in [6.07, 6.45) is 3.34. The lowest BCUT2D eigenvalue weighted by molar-refractivity contribution is -0.117. The van der Waals surface area contributed by atoms with Gasteiger partial charge >= 0.3 is 0 Å². The molecule has 2 N–H and O–H groups in total. The van der Waals surface area contributed by atoms with Crippen molar-refractivity contribution >= 4 is 24.0 Å². The normalized spacial score (nSPS) is 18.7. The number of likely N-dealkylation sites (N-methyl/N-ethyl adjacent to an activating group) is 1. The van der Waals surface area contributed by atoms with Crippen LogP contribution in [0, 0.1) is 5.82 Å². The van der Waals surface area contributed by atoms with Crippen LogP contribution in [0.4, 0.5) is 10.1 Å². The van der Waals surface area contributed by atoms with Crippen molar-refractivity contribution in [3.63, 3.8) is 0 Å². The molecule has 1 aliphatic rings. The van der Waals surface area contributed by atoms with E-state index in [0.29, 0.717) is 18.3 Å². The Morgan fingerprint density at radius 3 is 2.76 bits per heavy atom. The highest BCUT2D eigenvalue weighted by atomic mass is 35.5. The second kappa shape index (κ2) is 8.97. The van der Waals surface area contributed by atoms with Crippen LogP contribution in [0.3, 0.4) is 0 Å². The first-order valence-corrected chi connectivity index (χ1v) is 7.11. The van der Waals surface area contributed by atoms with Gasteiger partial charge in [0.15, 0.2) is 0 Å². The first kappa shape index (κ1) is 17.9. The van der Waals surface area contributed by atoms with Crippen LogP contribution in [0.25, 0.3) is 0 Å². The van der Waals surface area contributed by atoms with Crippen LogP contribution in [-0.2, 0) is 4.79 Å². The minimum atomic E-state index is -0.300. The molecule has 1 aromatic rings. The number of halogens is 2. The van der Waals surface area contributed by atoms with Gasteiger partial charge < -0.3 is 10.6 Å². The number of nitrogens with one attached hydrogen (secondary N) is 2. The van der Waals surface area contributed by atoms with E-state index in [4.69, 9.17) is 0 Å². The molecule has 1 aromatic carbocycles. The SMILES string of the molecule is CN(CC(=O)Nc1ccc(F)cc1)C1CCCNCC1.Cl. The summed E-state index contributed by atoms with van der Waals surface area (Å²) in [5.74, 6) is -0.359. The molecule has 4 nitrogen and oxygen atoms in total. The fourth-order valence-electron chi connectivity index (χ4n) is 2.53. The van der Waals surface area contributed by atoms with E-state index in [-0.39, 0.29) is 24.1 Å². The maximum atomic E-state index is 12.8. The molecule has 2 rings (SSSR count). The van der Waals surface area contributed by atoms with Gasteiger partial charge in [-0.15, -0.1) is 12.4 Å². The van der Waals surface area contributed by atoms with Crippen molar-refractivity contribution in [2.75, 3.05) is 32.0 Å². The van der Waals surface area contributed by atoms with Crippen molar-refractivity contribution in [3.05, 3.63) is 30.1 Å². The fourth-order valence-corrected chi connectivity index (χ4v) is 2.53. The third-order valence-corrected chi connectivity index (χ3v) is 3.69. The molecule has 1 aliphatic heterocycles. The molecule has 21 heavy (non-hydrogen) atoms. The molecule has 1 fully saturated rings. The quantitative estimate of drug-likeness (QED) is 0.896. The summed E-state index contributed by atoms with van der Waals surface area (Å²) in [6.45, 7) is 2.43. The van der Waals surface area contributed by atoms with Gasteiger partial charge in [0, 0.05) is 11.7 Å². The van der Waals surface area contributed by atoms with Gasteiger partial charge in [-0.05, 0) is 63.7 Å². The smallest absolute Gasteiger partial charge is 0.238 e. The monoisotopic (exact) mass is 315 g/mol. The maximum absolute atomic E-state index is 12.8. The Kier molecular flexibility index (Phi) is 7.64. The van der Waals surface area contributed by atoms with Crippen molar-refractivity contribution in [1.82, 2.24) is 10.2 Å². The molecule has 118 valence electrons. The van der Waals surface area contributed by atoms with Crippen LogP contribution in [0.1, 0.15) is 19.3 Å². The van der Waals surface area contributed by atoms with E-state index in [9.17, 15) is 9.18 Å². The lowest BCUT2D eigenvalue weighted by Gasteiger charge is -2.26. The van der Waals surface area contributed by atoms with Gasteiger partial charge in [0.05, 0.1) is 6.54 Å². The van der Waals surface area contributed by atoms with E-state index < -0.39 is 0 Å². The fraction of sp³-hybridized carbons (Fsp3) is 0.533. The molecule has 0 spiro atoms. The summed E-state index contributed by atoms with van der Waals surface area (Å²) >= 11 is 0. The molecular weight excluding hydrogens is 293 g/mol. The average molecular weight is 316 g/mol. The summed E-state index contributed by atoms with van der Waals surface area (Å²) < 4.78 is 12.8. The molecule has 1 atom stereocenters. The number of carbonyl (C=O) groups is 1. The minimum absolute atomic E-state index is 0. The van der Waals surface area contributed by atoms with Gasteiger partial charge in [0.1, 0.15) is 5.82 Å². The number of hydrogen-bond acceptors (Lipinski definition) is 3. The second-order valence-electron chi connectivity index (χ2n) is 5.30. The summed E-state index contributed by atoms with van der Waals surface area (Å²) in [4.78, 5) is 14.1. The summed E-state index contributed by atoms with van der Waals surface area (Å²) in [7, 11) is 1.99. The van der Waals surface area contributed by atoms with E-state index in [1.165, 1.54) is 12.1 Å². The van der Waals surface area contributed by atoms with E-state index in [0.717, 1.165) is 32.4 Å². The molecule has 0 bridgehead atoms.